The van der Waals surface area contributed by atoms with Crippen molar-refractivity contribution in [2.24, 2.45) is 10.9 Å². The Hall–Kier alpha value is -2.95. The first kappa shape index (κ1) is 18.4. The molecule has 0 aromatic heterocycles. The van der Waals surface area contributed by atoms with E-state index in [1.807, 2.05) is 36.4 Å². The number of aliphatic imine (C=N–C) groups is 1. The summed E-state index contributed by atoms with van der Waals surface area (Å²) in [6.07, 6.45) is 10.8. The molecule has 0 spiro atoms. The van der Waals surface area contributed by atoms with Crippen LogP contribution in [0.2, 0.25) is 0 Å². The Bertz CT molecular complexity index is 920. The minimum absolute atomic E-state index is 0.0117. The van der Waals surface area contributed by atoms with E-state index in [9.17, 15) is 9.59 Å². The van der Waals surface area contributed by atoms with E-state index < -0.39 is 0 Å². The summed E-state index contributed by atoms with van der Waals surface area (Å²) in [7, 11) is 1.63. The Morgan fingerprint density at radius 3 is 2.79 bits per heavy atom. The Morgan fingerprint density at radius 2 is 2.00 bits per heavy atom. The summed E-state index contributed by atoms with van der Waals surface area (Å²) in [4.78, 5) is 28.9. The Labute approximate surface area is 164 Å². The molecule has 3 aliphatic rings. The van der Waals surface area contributed by atoms with E-state index in [1.54, 1.807) is 7.11 Å². The Morgan fingerprint density at radius 1 is 1.21 bits per heavy atom. The highest BCUT2D eigenvalue weighted by molar-refractivity contribution is 6.11. The number of hydrogen-bond acceptors (Lipinski definition) is 3. The highest BCUT2D eigenvalue weighted by Gasteiger charge is 2.32. The predicted molar refractivity (Wildman–Crippen MR) is 108 cm³/mol. The van der Waals surface area contributed by atoms with Gasteiger partial charge in [0.1, 0.15) is 5.75 Å². The zero-order valence-corrected chi connectivity index (χ0v) is 16.0. The van der Waals surface area contributed by atoms with Crippen molar-refractivity contribution in [2.45, 2.75) is 38.5 Å². The van der Waals surface area contributed by atoms with E-state index in [1.165, 1.54) is 5.57 Å². The molecule has 1 heterocycles. The summed E-state index contributed by atoms with van der Waals surface area (Å²) in [5.74, 6) is 0.777. The van der Waals surface area contributed by atoms with E-state index in [4.69, 9.17) is 4.74 Å². The molecule has 0 saturated heterocycles. The summed E-state index contributed by atoms with van der Waals surface area (Å²) in [5, 5.41) is 3.00. The second kappa shape index (κ2) is 7.97. The van der Waals surface area contributed by atoms with Crippen LogP contribution in [-0.4, -0.2) is 24.6 Å². The molecule has 5 heteroatoms. The molecule has 0 radical (unpaired) electrons. The van der Waals surface area contributed by atoms with Crippen LogP contribution in [0.1, 0.15) is 37.7 Å². The SMILES string of the molecule is COc1ccc(CCC(=O)N=C2C=CC3C(=C2)NC(=O)C2=C3CCCC2)cc1. The number of aryl methyl sites for hydroxylation is 1. The number of methoxy groups -OCH3 is 1. The quantitative estimate of drug-likeness (QED) is 0.872. The molecule has 4 rings (SSSR count). The molecule has 0 bridgehead atoms. The topological polar surface area (TPSA) is 67.8 Å². The van der Waals surface area contributed by atoms with Crippen LogP contribution in [0.5, 0.6) is 5.75 Å². The molecule has 0 fully saturated rings. The number of fused-ring (bicyclic) bond motifs is 2. The molecule has 1 aromatic rings. The van der Waals surface area contributed by atoms with Gasteiger partial charge in [-0.15, -0.1) is 0 Å². The second-order valence-corrected chi connectivity index (χ2v) is 7.38. The van der Waals surface area contributed by atoms with Gasteiger partial charge >= 0.3 is 0 Å². The molecule has 2 amide bonds. The lowest BCUT2D eigenvalue weighted by molar-refractivity contribution is -0.118. The maximum absolute atomic E-state index is 12.4. The molecule has 1 unspecified atom stereocenters. The van der Waals surface area contributed by atoms with Crippen molar-refractivity contribution in [1.82, 2.24) is 5.32 Å². The number of ether oxygens (including phenoxy) is 1. The van der Waals surface area contributed by atoms with Gasteiger partial charge in [0.2, 0.25) is 5.91 Å². The van der Waals surface area contributed by atoms with Crippen LogP contribution in [0, 0.1) is 5.92 Å². The van der Waals surface area contributed by atoms with Crippen LogP contribution in [0.25, 0.3) is 0 Å². The number of nitrogens with one attached hydrogen (secondary N) is 1. The highest BCUT2D eigenvalue weighted by atomic mass is 16.5. The maximum Gasteiger partial charge on any atom is 0.251 e. The third-order valence-corrected chi connectivity index (χ3v) is 5.56. The van der Waals surface area contributed by atoms with Gasteiger partial charge in [-0.05, 0) is 67.5 Å². The summed E-state index contributed by atoms with van der Waals surface area (Å²) >= 11 is 0. The lowest BCUT2D eigenvalue weighted by atomic mass is 9.77. The minimum Gasteiger partial charge on any atom is -0.497 e. The second-order valence-electron chi connectivity index (χ2n) is 7.38. The highest BCUT2D eigenvalue weighted by Crippen LogP contribution is 2.38. The van der Waals surface area contributed by atoms with Crippen molar-refractivity contribution in [1.29, 1.82) is 0 Å². The van der Waals surface area contributed by atoms with Gasteiger partial charge in [-0.25, -0.2) is 4.99 Å². The molecule has 1 aliphatic heterocycles. The summed E-state index contributed by atoms with van der Waals surface area (Å²) < 4.78 is 5.14. The van der Waals surface area contributed by atoms with Crippen molar-refractivity contribution in [3.05, 3.63) is 64.9 Å². The zero-order chi connectivity index (χ0) is 19.5. The van der Waals surface area contributed by atoms with Gasteiger partial charge in [-0.3, -0.25) is 9.59 Å². The van der Waals surface area contributed by atoms with E-state index in [0.717, 1.165) is 48.3 Å². The van der Waals surface area contributed by atoms with Crippen LogP contribution in [0.4, 0.5) is 0 Å². The molecule has 144 valence electrons. The van der Waals surface area contributed by atoms with Gasteiger partial charge in [0.25, 0.3) is 5.91 Å². The molecule has 1 aromatic carbocycles. The van der Waals surface area contributed by atoms with E-state index in [-0.39, 0.29) is 17.7 Å². The fraction of sp³-hybridized carbons (Fsp3) is 0.348. The average Bonchev–Trinajstić information content (AvgIpc) is 2.73. The molecule has 1 atom stereocenters. The van der Waals surface area contributed by atoms with Gasteiger partial charge in [0.15, 0.2) is 0 Å². The normalized spacial score (nSPS) is 22.3. The molecular formula is C23H24N2O3. The molecule has 28 heavy (non-hydrogen) atoms. The monoisotopic (exact) mass is 376 g/mol. The standard InChI is InChI=1S/C23H24N2O3/c1-28-17-10-6-15(7-11-17)8-13-22(26)24-16-9-12-19-18-4-2-3-5-20(18)23(27)25-21(19)14-16/h6-7,9-12,14,19H,2-5,8,13H2,1H3,(H,25,27). The molecule has 1 N–H and O–H groups in total. The summed E-state index contributed by atoms with van der Waals surface area (Å²) in [5.41, 5.74) is 4.71. The third-order valence-electron chi connectivity index (χ3n) is 5.56. The van der Waals surface area contributed by atoms with Crippen molar-refractivity contribution in [3.63, 3.8) is 0 Å². The number of rotatable bonds is 4. The lowest BCUT2D eigenvalue weighted by Gasteiger charge is -2.33. The number of benzene rings is 1. The fourth-order valence-corrected chi connectivity index (χ4v) is 4.06. The number of carbonyl (C=O) groups is 2. The minimum atomic E-state index is -0.162. The predicted octanol–water partition coefficient (Wildman–Crippen LogP) is 3.67. The maximum atomic E-state index is 12.4. The largest absolute Gasteiger partial charge is 0.497 e. The molecular weight excluding hydrogens is 352 g/mol. The molecule has 0 saturated carbocycles. The number of allylic oxidation sites excluding steroid dienone is 3. The Balaban J connectivity index is 1.43. The lowest BCUT2D eigenvalue weighted by Crippen LogP contribution is -2.37. The Kier molecular flexibility index (Phi) is 5.24. The van der Waals surface area contributed by atoms with Gasteiger partial charge in [-0.2, -0.15) is 0 Å². The van der Waals surface area contributed by atoms with Crippen molar-refractivity contribution in [3.8, 4) is 5.75 Å². The van der Waals surface area contributed by atoms with Gasteiger partial charge < -0.3 is 10.1 Å². The van der Waals surface area contributed by atoms with Crippen LogP contribution in [-0.2, 0) is 16.0 Å². The fourth-order valence-electron chi connectivity index (χ4n) is 4.06. The first-order valence-corrected chi connectivity index (χ1v) is 9.81. The number of carbonyl (C=O) groups excluding carboxylic acids is 2. The first-order valence-electron chi connectivity index (χ1n) is 9.81. The van der Waals surface area contributed by atoms with E-state index in [0.29, 0.717) is 18.6 Å². The van der Waals surface area contributed by atoms with Crippen molar-refractivity contribution < 1.29 is 14.3 Å². The molecule has 5 nitrogen and oxygen atoms in total. The van der Waals surface area contributed by atoms with Crippen molar-refractivity contribution >= 4 is 17.5 Å². The average molecular weight is 376 g/mol. The van der Waals surface area contributed by atoms with Crippen LogP contribution in [0.15, 0.2) is 64.3 Å². The van der Waals surface area contributed by atoms with Crippen molar-refractivity contribution in [2.75, 3.05) is 7.11 Å². The first-order chi connectivity index (χ1) is 13.6. The van der Waals surface area contributed by atoms with E-state index in [2.05, 4.69) is 16.4 Å². The van der Waals surface area contributed by atoms with Crippen LogP contribution in [0.3, 0.4) is 0 Å². The smallest absolute Gasteiger partial charge is 0.251 e. The summed E-state index contributed by atoms with van der Waals surface area (Å²) in [6, 6.07) is 7.69. The zero-order valence-electron chi connectivity index (χ0n) is 16.0. The summed E-state index contributed by atoms with van der Waals surface area (Å²) in [6.45, 7) is 0. The number of amides is 2. The van der Waals surface area contributed by atoms with Gasteiger partial charge in [0, 0.05) is 23.6 Å². The van der Waals surface area contributed by atoms with Gasteiger partial charge in [0.05, 0.1) is 12.8 Å². The van der Waals surface area contributed by atoms with Crippen LogP contribution >= 0.6 is 0 Å². The third kappa shape index (κ3) is 3.84. The number of nitrogens with zero attached hydrogens (tertiary/aromatic N) is 1. The van der Waals surface area contributed by atoms with Crippen LogP contribution < -0.4 is 10.1 Å². The molecule has 2 aliphatic carbocycles. The van der Waals surface area contributed by atoms with Gasteiger partial charge in [-0.1, -0.05) is 18.2 Å². The van der Waals surface area contributed by atoms with E-state index >= 15 is 0 Å². The number of hydrogen-bond donors (Lipinski definition) is 1.